The Morgan fingerprint density at radius 2 is 2.32 bits per heavy atom. The van der Waals surface area contributed by atoms with Gasteiger partial charge < -0.3 is 24.8 Å². The van der Waals surface area contributed by atoms with Gasteiger partial charge in [0.2, 0.25) is 5.95 Å². The van der Waals surface area contributed by atoms with Crippen LogP contribution in [0, 0.1) is 0 Å². The van der Waals surface area contributed by atoms with Gasteiger partial charge >= 0.3 is 7.60 Å². The maximum atomic E-state index is 11.7. The van der Waals surface area contributed by atoms with E-state index in [4.69, 9.17) is 10.5 Å². The number of nitrogens with zero attached hydrogens (tertiary/aromatic N) is 3. The van der Waals surface area contributed by atoms with E-state index in [1.54, 1.807) is 4.57 Å². The fourth-order valence-corrected chi connectivity index (χ4v) is 4.44. The summed E-state index contributed by atoms with van der Waals surface area (Å²) in [6, 6.07) is 0. The molecule has 3 heterocycles. The molecule has 22 heavy (non-hydrogen) atoms. The molecule has 0 aliphatic carbocycles. The number of halogens is 1. The number of alkyl halides is 1. The van der Waals surface area contributed by atoms with E-state index in [1.807, 2.05) is 0 Å². The van der Waals surface area contributed by atoms with Gasteiger partial charge in [0.15, 0.2) is 17.0 Å². The quantitative estimate of drug-likeness (QED) is 0.290. The Morgan fingerprint density at radius 1 is 1.59 bits per heavy atom. The molecule has 1 aliphatic heterocycles. The normalized spacial score (nSPS) is 25.9. The fraction of sp³-hybridized carbons (Fsp3) is 0.500. The SMILES string of the molecule is Nc1nc2c(ncn2C[C@H]2O[C@H](P(=O)(O)O)C[C@@H]2I)c(=O)[nH]1. The molecule has 5 N–H and O–H groups in total. The zero-order valence-electron chi connectivity index (χ0n) is 11.1. The van der Waals surface area contributed by atoms with Gasteiger partial charge in [0.1, 0.15) is 0 Å². The largest absolute Gasteiger partial charge is 0.369 e. The summed E-state index contributed by atoms with van der Waals surface area (Å²) in [6.07, 6.45) is 1.28. The number of anilines is 1. The second kappa shape index (κ2) is 5.57. The van der Waals surface area contributed by atoms with Crippen molar-refractivity contribution >= 4 is 47.3 Å². The maximum absolute atomic E-state index is 11.7. The van der Waals surface area contributed by atoms with Crippen molar-refractivity contribution in [1.29, 1.82) is 0 Å². The average Bonchev–Trinajstić information content (AvgIpc) is 2.95. The van der Waals surface area contributed by atoms with Gasteiger partial charge in [0, 0.05) is 3.92 Å². The van der Waals surface area contributed by atoms with Crippen LogP contribution in [0.4, 0.5) is 5.95 Å². The second-order valence-electron chi connectivity index (χ2n) is 4.99. The van der Waals surface area contributed by atoms with Crippen molar-refractivity contribution in [2.75, 3.05) is 5.73 Å². The minimum absolute atomic E-state index is 0.0225. The molecule has 1 aliphatic rings. The number of H-pyrrole nitrogens is 1. The monoisotopic (exact) mass is 441 g/mol. The van der Waals surface area contributed by atoms with Gasteiger partial charge in [-0.1, -0.05) is 22.6 Å². The maximum Gasteiger partial charge on any atom is 0.354 e. The molecule has 2 aromatic heterocycles. The summed E-state index contributed by atoms with van der Waals surface area (Å²) in [5, 5.41) is 0. The lowest BCUT2D eigenvalue weighted by molar-refractivity contribution is 0.0646. The molecule has 0 bridgehead atoms. The van der Waals surface area contributed by atoms with Crippen LogP contribution in [0.1, 0.15) is 6.42 Å². The molecule has 1 fully saturated rings. The summed E-state index contributed by atoms with van der Waals surface area (Å²) in [7, 11) is -4.28. The molecule has 12 heteroatoms. The van der Waals surface area contributed by atoms with Crippen LogP contribution in [0.25, 0.3) is 11.2 Å². The zero-order valence-corrected chi connectivity index (χ0v) is 14.1. The highest BCUT2D eigenvalue weighted by Gasteiger charge is 2.42. The van der Waals surface area contributed by atoms with E-state index in [0.717, 1.165) is 0 Å². The molecule has 2 aromatic rings. The number of rotatable bonds is 3. The Hall–Kier alpha value is -1.01. The first-order valence-electron chi connectivity index (χ1n) is 6.31. The number of nitrogens with one attached hydrogen (secondary N) is 1. The topological polar surface area (TPSA) is 156 Å². The van der Waals surface area contributed by atoms with Crippen molar-refractivity contribution in [3.8, 4) is 0 Å². The predicted octanol–water partition coefficient (Wildman–Crippen LogP) is -0.202. The molecule has 0 spiro atoms. The number of imidazole rings is 1. The number of aromatic nitrogens is 4. The minimum atomic E-state index is -4.28. The van der Waals surface area contributed by atoms with Crippen LogP contribution in [0.5, 0.6) is 0 Å². The Morgan fingerprint density at radius 3 is 2.95 bits per heavy atom. The summed E-state index contributed by atoms with van der Waals surface area (Å²) >= 11 is 2.10. The third kappa shape index (κ3) is 2.91. The van der Waals surface area contributed by atoms with Crippen molar-refractivity contribution in [2.24, 2.45) is 0 Å². The van der Waals surface area contributed by atoms with Gasteiger partial charge in [-0.15, -0.1) is 0 Å². The third-order valence-corrected chi connectivity index (χ3v) is 5.80. The van der Waals surface area contributed by atoms with Crippen LogP contribution in [0.2, 0.25) is 0 Å². The lowest BCUT2D eigenvalue weighted by atomic mass is 10.2. The van der Waals surface area contributed by atoms with Crippen molar-refractivity contribution < 1.29 is 19.1 Å². The Labute approximate surface area is 137 Å². The molecule has 0 radical (unpaired) electrons. The second-order valence-corrected chi connectivity index (χ2v) is 8.34. The molecule has 1 saturated heterocycles. The number of nitrogen functional groups attached to an aromatic ring is 1. The van der Waals surface area contributed by atoms with E-state index in [1.165, 1.54) is 6.33 Å². The number of aromatic amines is 1. The Balaban J connectivity index is 1.88. The predicted molar refractivity (Wildman–Crippen MR) is 85.7 cm³/mol. The standard InChI is InChI=1S/C10H13IN5O5P/c11-4-1-6(22(18,19)20)21-5(4)2-16-3-13-7-8(16)14-10(12)15-9(7)17/h3-6H,1-2H2,(H2,18,19,20)(H3,12,14,15,17)/t4-,5+,6+/m0/s1. The lowest BCUT2D eigenvalue weighted by Gasteiger charge is -2.16. The van der Waals surface area contributed by atoms with Crippen LogP contribution >= 0.6 is 30.2 Å². The van der Waals surface area contributed by atoms with Crippen molar-refractivity contribution in [1.82, 2.24) is 19.5 Å². The summed E-state index contributed by atoms with van der Waals surface area (Å²) in [5.41, 5.74) is 5.56. The summed E-state index contributed by atoms with van der Waals surface area (Å²) in [4.78, 5) is 40.5. The van der Waals surface area contributed by atoms with E-state index in [-0.39, 0.29) is 28.4 Å². The number of ether oxygens (including phenoxy) is 1. The highest BCUT2D eigenvalue weighted by Crippen LogP contribution is 2.49. The third-order valence-electron chi connectivity index (χ3n) is 3.41. The first kappa shape index (κ1) is 15.9. The number of nitrogens with two attached hydrogens (primary N) is 1. The Kier molecular flexibility index (Phi) is 4.01. The molecule has 3 atom stereocenters. The average molecular weight is 441 g/mol. The number of hydrogen-bond acceptors (Lipinski definition) is 6. The van der Waals surface area contributed by atoms with Gasteiger partial charge in [0.25, 0.3) is 5.56 Å². The fourth-order valence-electron chi connectivity index (χ4n) is 2.36. The number of hydrogen-bond donors (Lipinski definition) is 4. The molecule has 120 valence electrons. The molecule has 0 amide bonds. The van der Waals surface area contributed by atoms with Gasteiger partial charge in [-0.3, -0.25) is 14.3 Å². The van der Waals surface area contributed by atoms with Crippen LogP contribution in [0.3, 0.4) is 0 Å². The van der Waals surface area contributed by atoms with Crippen molar-refractivity contribution in [3.05, 3.63) is 16.7 Å². The first-order valence-corrected chi connectivity index (χ1v) is 9.24. The minimum Gasteiger partial charge on any atom is -0.369 e. The highest BCUT2D eigenvalue weighted by atomic mass is 127. The summed E-state index contributed by atoms with van der Waals surface area (Å²) in [6.45, 7) is 0.274. The highest BCUT2D eigenvalue weighted by molar-refractivity contribution is 14.1. The van der Waals surface area contributed by atoms with Crippen LogP contribution in [-0.2, 0) is 15.8 Å². The van der Waals surface area contributed by atoms with E-state index in [2.05, 4.69) is 37.5 Å². The molecular formula is C10H13IN5O5P. The molecule has 3 rings (SSSR count). The van der Waals surface area contributed by atoms with E-state index >= 15 is 0 Å². The zero-order chi connectivity index (χ0) is 16.1. The van der Waals surface area contributed by atoms with Crippen LogP contribution in [-0.4, -0.2) is 45.2 Å². The summed E-state index contributed by atoms with van der Waals surface area (Å²) in [5.74, 6) is -1.12. The van der Waals surface area contributed by atoms with Crippen molar-refractivity contribution in [3.63, 3.8) is 0 Å². The van der Waals surface area contributed by atoms with Gasteiger partial charge in [-0.05, 0) is 6.42 Å². The molecule has 0 saturated carbocycles. The Bertz CT molecular complexity index is 816. The smallest absolute Gasteiger partial charge is 0.354 e. The van der Waals surface area contributed by atoms with Crippen LogP contribution in [0.15, 0.2) is 11.1 Å². The molecule has 0 unspecified atom stereocenters. The van der Waals surface area contributed by atoms with Gasteiger partial charge in [-0.25, -0.2) is 4.98 Å². The lowest BCUT2D eigenvalue weighted by Crippen LogP contribution is -2.23. The van der Waals surface area contributed by atoms with E-state index in [0.29, 0.717) is 5.65 Å². The van der Waals surface area contributed by atoms with Gasteiger partial charge in [-0.2, -0.15) is 4.98 Å². The van der Waals surface area contributed by atoms with E-state index in [9.17, 15) is 19.1 Å². The van der Waals surface area contributed by atoms with E-state index < -0.39 is 25.1 Å². The first-order chi connectivity index (χ1) is 10.3. The van der Waals surface area contributed by atoms with Gasteiger partial charge in [0.05, 0.1) is 19.0 Å². The summed E-state index contributed by atoms with van der Waals surface area (Å²) < 4.78 is 18.3. The van der Waals surface area contributed by atoms with Crippen LogP contribution < -0.4 is 11.3 Å². The molecule has 10 nitrogen and oxygen atoms in total. The number of fused-ring (bicyclic) bond motifs is 1. The molecule has 0 aromatic carbocycles. The van der Waals surface area contributed by atoms with Crippen molar-refractivity contribution in [2.45, 2.75) is 28.8 Å². The molecular weight excluding hydrogens is 428 g/mol.